The van der Waals surface area contributed by atoms with Crippen LogP contribution in [-0.4, -0.2) is 20.3 Å². The summed E-state index contributed by atoms with van der Waals surface area (Å²) in [5.41, 5.74) is 0. The fourth-order valence-electron chi connectivity index (χ4n) is 2.09. The van der Waals surface area contributed by atoms with Crippen molar-refractivity contribution >= 4 is 0 Å². The van der Waals surface area contributed by atoms with Gasteiger partial charge in [-0.1, -0.05) is 0 Å². The fourth-order valence-corrected chi connectivity index (χ4v) is 2.09. The number of hydrogen-bond acceptors (Lipinski definition) is 3. The van der Waals surface area contributed by atoms with E-state index in [1.165, 1.54) is 12.8 Å². The van der Waals surface area contributed by atoms with Crippen LogP contribution in [0.1, 0.15) is 25.7 Å². The third-order valence-electron chi connectivity index (χ3n) is 2.96. The van der Waals surface area contributed by atoms with Gasteiger partial charge in [-0.2, -0.15) is 0 Å². The van der Waals surface area contributed by atoms with Crippen molar-refractivity contribution in [3.63, 3.8) is 0 Å². The highest BCUT2D eigenvalue weighted by Crippen LogP contribution is 2.32. The molecule has 0 unspecified atom stereocenters. The molecule has 0 aliphatic heterocycles. The van der Waals surface area contributed by atoms with E-state index in [-0.39, 0.29) is 0 Å². The van der Waals surface area contributed by atoms with Crippen molar-refractivity contribution < 1.29 is 14.2 Å². The summed E-state index contributed by atoms with van der Waals surface area (Å²) in [5.74, 6) is 2.32. The predicted molar refractivity (Wildman–Crippen MR) is 62.4 cm³/mol. The zero-order valence-electron chi connectivity index (χ0n) is 9.86. The second-order valence-corrected chi connectivity index (χ2v) is 4.04. The van der Waals surface area contributed by atoms with Crippen molar-refractivity contribution in [1.82, 2.24) is 0 Å². The van der Waals surface area contributed by atoms with Gasteiger partial charge in [0, 0.05) is 6.07 Å². The van der Waals surface area contributed by atoms with Crippen molar-refractivity contribution in [2.24, 2.45) is 0 Å². The zero-order valence-corrected chi connectivity index (χ0v) is 9.86. The number of methoxy groups -OCH3 is 2. The SMILES string of the molecule is COc1ccc(OC2CCCC2)cc1OC. The summed E-state index contributed by atoms with van der Waals surface area (Å²) in [6.07, 6.45) is 5.25. The molecule has 0 aromatic heterocycles. The van der Waals surface area contributed by atoms with E-state index >= 15 is 0 Å². The molecule has 1 fully saturated rings. The molecule has 0 saturated heterocycles. The van der Waals surface area contributed by atoms with E-state index in [0.717, 1.165) is 30.1 Å². The van der Waals surface area contributed by atoms with Gasteiger partial charge in [0.1, 0.15) is 5.75 Å². The third-order valence-corrected chi connectivity index (χ3v) is 2.96. The van der Waals surface area contributed by atoms with Crippen LogP contribution >= 0.6 is 0 Å². The standard InChI is InChI=1S/C13H18O3/c1-14-12-8-7-11(9-13(12)15-2)16-10-5-3-4-6-10/h7-10H,3-6H2,1-2H3. The quantitative estimate of drug-likeness (QED) is 0.783. The van der Waals surface area contributed by atoms with Gasteiger partial charge in [0.15, 0.2) is 11.5 Å². The van der Waals surface area contributed by atoms with Crippen molar-refractivity contribution in [3.8, 4) is 17.2 Å². The molecule has 1 aromatic carbocycles. The van der Waals surface area contributed by atoms with Crippen LogP contribution < -0.4 is 14.2 Å². The van der Waals surface area contributed by atoms with Crippen LogP contribution in [0.3, 0.4) is 0 Å². The topological polar surface area (TPSA) is 27.7 Å². The first kappa shape index (κ1) is 11.1. The van der Waals surface area contributed by atoms with Crippen molar-refractivity contribution in [2.75, 3.05) is 14.2 Å². The molecule has 0 bridgehead atoms. The normalized spacial score (nSPS) is 16.1. The fraction of sp³-hybridized carbons (Fsp3) is 0.538. The minimum atomic E-state index is 0.373. The van der Waals surface area contributed by atoms with Gasteiger partial charge in [-0.05, 0) is 37.8 Å². The van der Waals surface area contributed by atoms with Gasteiger partial charge < -0.3 is 14.2 Å². The Morgan fingerprint density at radius 1 is 1.00 bits per heavy atom. The summed E-state index contributed by atoms with van der Waals surface area (Å²) in [4.78, 5) is 0. The lowest BCUT2D eigenvalue weighted by atomic mass is 10.2. The number of benzene rings is 1. The molecule has 2 rings (SSSR count). The Bertz CT molecular complexity index is 343. The maximum Gasteiger partial charge on any atom is 0.164 e. The highest BCUT2D eigenvalue weighted by atomic mass is 16.5. The highest BCUT2D eigenvalue weighted by molar-refractivity contribution is 5.45. The second-order valence-electron chi connectivity index (χ2n) is 4.04. The molecule has 1 aliphatic carbocycles. The van der Waals surface area contributed by atoms with Crippen LogP contribution in [0, 0.1) is 0 Å². The lowest BCUT2D eigenvalue weighted by molar-refractivity contribution is 0.208. The highest BCUT2D eigenvalue weighted by Gasteiger charge is 2.17. The van der Waals surface area contributed by atoms with Crippen LogP contribution in [0.4, 0.5) is 0 Å². The Balaban J connectivity index is 2.09. The third kappa shape index (κ3) is 2.40. The Hall–Kier alpha value is -1.38. The maximum atomic E-state index is 5.88. The second kappa shape index (κ2) is 5.10. The first-order valence-corrected chi connectivity index (χ1v) is 5.72. The van der Waals surface area contributed by atoms with E-state index in [0.29, 0.717) is 6.10 Å². The minimum absolute atomic E-state index is 0.373. The van der Waals surface area contributed by atoms with Crippen LogP contribution in [0.2, 0.25) is 0 Å². The molecule has 1 aliphatic rings. The van der Waals surface area contributed by atoms with Gasteiger partial charge in [0.2, 0.25) is 0 Å². The molecule has 88 valence electrons. The number of rotatable bonds is 4. The molecular formula is C13H18O3. The molecule has 0 spiro atoms. The van der Waals surface area contributed by atoms with Crippen LogP contribution in [-0.2, 0) is 0 Å². The van der Waals surface area contributed by atoms with E-state index in [1.54, 1.807) is 14.2 Å². The smallest absolute Gasteiger partial charge is 0.164 e. The molecule has 3 heteroatoms. The average molecular weight is 222 g/mol. The van der Waals surface area contributed by atoms with Gasteiger partial charge in [0.25, 0.3) is 0 Å². The van der Waals surface area contributed by atoms with Crippen molar-refractivity contribution in [3.05, 3.63) is 18.2 Å². The number of ether oxygens (including phenoxy) is 3. The van der Waals surface area contributed by atoms with E-state index < -0.39 is 0 Å². The Labute approximate surface area is 96.3 Å². The first-order chi connectivity index (χ1) is 7.83. The molecule has 0 amide bonds. The van der Waals surface area contributed by atoms with E-state index in [4.69, 9.17) is 14.2 Å². The molecular weight excluding hydrogens is 204 g/mol. The van der Waals surface area contributed by atoms with Crippen LogP contribution in [0.15, 0.2) is 18.2 Å². The summed E-state index contributed by atoms with van der Waals surface area (Å²) in [6.45, 7) is 0. The molecule has 0 atom stereocenters. The molecule has 0 radical (unpaired) electrons. The van der Waals surface area contributed by atoms with Crippen LogP contribution in [0.25, 0.3) is 0 Å². The summed E-state index contributed by atoms with van der Waals surface area (Å²) in [5, 5.41) is 0. The molecule has 1 saturated carbocycles. The molecule has 16 heavy (non-hydrogen) atoms. The lowest BCUT2D eigenvalue weighted by Gasteiger charge is -2.15. The summed E-state index contributed by atoms with van der Waals surface area (Å²) < 4.78 is 16.3. The Morgan fingerprint density at radius 2 is 1.69 bits per heavy atom. The van der Waals surface area contributed by atoms with Crippen molar-refractivity contribution in [1.29, 1.82) is 0 Å². The molecule has 0 heterocycles. The van der Waals surface area contributed by atoms with Gasteiger partial charge in [-0.15, -0.1) is 0 Å². The maximum absolute atomic E-state index is 5.88. The van der Waals surface area contributed by atoms with Crippen LogP contribution in [0.5, 0.6) is 17.2 Å². The minimum Gasteiger partial charge on any atom is -0.493 e. The lowest BCUT2D eigenvalue weighted by Crippen LogP contribution is -2.10. The molecule has 1 aromatic rings. The summed E-state index contributed by atoms with van der Waals surface area (Å²) in [7, 11) is 3.27. The number of hydrogen-bond donors (Lipinski definition) is 0. The van der Waals surface area contributed by atoms with E-state index in [2.05, 4.69) is 0 Å². The van der Waals surface area contributed by atoms with E-state index in [9.17, 15) is 0 Å². The monoisotopic (exact) mass is 222 g/mol. The van der Waals surface area contributed by atoms with Gasteiger partial charge in [-0.25, -0.2) is 0 Å². The van der Waals surface area contributed by atoms with Gasteiger partial charge in [-0.3, -0.25) is 0 Å². The molecule has 0 N–H and O–H groups in total. The summed E-state index contributed by atoms with van der Waals surface area (Å²) >= 11 is 0. The van der Waals surface area contributed by atoms with Crippen molar-refractivity contribution in [2.45, 2.75) is 31.8 Å². The molecule has 3 nitrogen and oxygen atoms in total. The largest absolute Gasteiger partial charge is 0.493 e. The zero-order chi connectivity index (χ0) is 11.4. The summed E-state index contributed by atoms with van der Waals surface area (Å²) in [6, 6.07) is 5.69. The Morgan fingerprint density at radius 3 is 2.31 bits per heavy atom. The van der Waals surface area contributed by atoms with E-state index in [1.807, 2.05) is 18.2 Å². The average Bonchev–Trinajstić information content (AvgIpc) is 2.81. The van der Waals surface area contributed by atoms with Gasteiger partial charge >= 0.3 is 0 Å². The Kier molecular flexibility index (Phi) is 3.54. The predicted octanol–water partition coefficient (Wildman–Crippen LogP) is 3.03. The first-order valence-electron chi connectivity index (χ1n) is 5.72. The van der Waals surface area contributed by atoms with Gasteiger partial charge in [0.05, 0.1) is 20.3 Å².